The number of fused-ring (bicyclic) bond motifs is 1. The van der Waals surface area contributed by atoms with Gasteiger partial charge >= 0.3 is 0 Å². The first-order valence-corrected chi connectivity index (χ1v) is 11.5. The third-order valence-corrected chi connectivity index (χ3v) is 6.61. The first-order chi connectivity index (χ1) is 15.7. The Kier molecular flexibility index (Phi) is 7.31. The summed E-state index contributed by atoms with van der Waals surface area (Å²) in [4.78, 5) is 4.82. The van der Waals surface area contributed by atoms with Gasteiger partial charge in [0.1, 0.15) is 23.9 Å². The number of phenolic OH excluding ortho intramolecular Hbond substituents is 2. The minimum absolute atomic E-state index is 0. The summed E-state index contributed by atoms with van der Waals surface area (Å²) < 4.78 is 6.00. The lowest BCUT2D eigenvalue weighted by Gasteiger charge is -2.39. The Labute approximate surface area is 201 Å². The third-order valence-electron chi connectivity index (χ3n) is 6.61. The maximum Gasteiger partial charge on any atom is 0.119 e. The van der Waals surface area contributed by atoms with Crippen LogP contribution in [-0.2, 0) is 6.42 Å². The second-order valence-corrected chi connectivity index (χ2v) is 8.71. The highest BCUT2D eigenvalue weighted by atomic mass is 35.5. The van der Waals surface area contributed by atoms with Gasteiger partial charge < -0.3 is 19.8 Å². The van der Waals surface area contributed by atoms with E-state index in [1.165, 1.54) is 42.6 Å². The van der Waals surface area contributed by atoms with Crippen LogP contribution in [0.3, 0.4) is 0 Å². The van der Waals surface area contributed by atoms with Gasteiger partial charge in [0.15, 0.2) is 0 Å². The minimum Gasteiger partial charge on any atom is -0.508 e. The Bertz CT molecular complexity index is 1050. The van der Waals surface area contributed by atoms with Gasteiger partial charge in [-0.05, 0) is 97.6 Å². The summed E-state index contributed by atoms with van der Waals surface area (Å²) in [5.74, 6) is 1.47. The molecule has 6 heteroatoms. The molecule has 0 bridgehead atoms. The number of hydrogen-bond donors (Lipinski definition) is 2. The van der Waals surface area contributed by atoms with Crippen molar-refractivity contribution < 1.29 is 14.9 Å². The molecular weight excluding hydrogens is 436 g/mol. The van der Waals surface area contributed by atoms with Crippen molar-refractivity contribution in [1.82, 2.24) is 4.90 Å². The molecule has 1 saturated heterocycles. The quantitative estimate of drug-likeness (QED) is 0.526. The lowest BCUT2D eigenvalue weighted by atomic mass is 9.87. The van der Waals surface area contributed by atoms with Crippen molar-refractivity contribution in [3.05, 3.63) is 83.4 Å². The first-order valence-electron chi connectivity index (χ1n) is 11.5. The van der Waals surface area contributed by atoms with Crippen molar-refractivity contribution in [1.29, 1.82) is 0 Å². The molecule has 174 valence electrons. The molecule has 2 heterocycles. The molecule has 0 aromatic heterocycles. The summed E-state index contributed by atoms with van der Waals surface area (Å²) in [7, 11) is 0. The van der Waals surface area contributed by atoms with Crippen LogP contribution in [0.1, 0.15) is 35.6 Å². The van der Waals surface area contributed by atoms with E-state index in [-0.39, 0.29) is 24.2 Å². The fraction of sp³-hybridized carbons (Fsp3) is 0.333. The second kappa shape index (κ2) is 10.4. The molecule has 0 radical (unpaired) electrons. The van der Waals surface area contributed by atoms with Gasteiger partial charge in [0.2, 0.25) is 0 Å². The van der Waals surface area contributed by atoms with E-state index in [1.54, 1.807) is 18.2 Å². The average molecular weight is 467 g/mol. The number of anilines is 1. The summed E-state index contributed by atoms with van der Waals surface area (Å²) in [5, 5.41) is 19.7. The SMILES string of the molecule is Cl.Oc1ccc(N2CCc3cc(O)ccc3C2c2ccc(OCCN3CCCC3)cc2)cc1. The Morgan fingerprint density at radius 3 is 2.24 bits per heavy atom. The molecule has 3 aromatic rings. The molecule has 0 aliphatic carbocycles. The summed E-state index contributed by atoms with van der Waals surface area (Å²) in [5.41, 5.74) is 4.62. The van der Waals surface area contributed by atoms with E-state index >= 15 is 0 Å². The van der Waals surface area contributed by atoms with Crippen LogP contribution in [0.4, 0.5) is 5.69 Å². The Morgan fingerprint density at radius 2 is 1.52 bits per heavy atom. The van der Waals surface area contributed by atoms with E-state index < -0.39 is 0 Å². The van der Waals surface area contributed by atoms with E-state index in [1.807, 2.05) is 24.3 Å². The molecule has 2 aliphatic heterocycles. The molecular formula is C27H31ClN2O3. The molecule has 1 atom stereocenters. The van der Waals surface area contributed by atoms with Gasteiger partial charge in [-0.2, -0.15) is 0 Å². The number of halogens is 1. The fourth-order valence-electron chi connectivity index (χ4n) is 4.94. The molecule has 2 aliphatic rings. The van der Waals surface area contributed by atoms with E-state index in [9.17, 15) is 10.2 Å². The van der Waals surface area contributed by atoms with Crippen LogP contribution in [-0.4, -0.2) is 47.9 Å². The highest BCUT2D eigenvalue weighted by molar-refractivity contribution is 5.85. The normalized spacial score (nSPS) is 17.9. The lowest BCUT2D eigenvalue weighted by Crippen LogP contribution is -2.36. The van der Waals surface area contributed by atoms with Crippen LogP contribution < -0.4 is 9.64 Å². The number of benzene rings is 3. The molecule has 5 rings (SSSR count). The molecule has 2 N–H and O–H groups in total. The molecule has 1 fully saturated rings. The molecule has 3 aromatic carbocycles. The number of hydrogen-bond acceptors (Lipinski definition) is 5. The van der Waals surface area contributed by atoms with Gasteiger partial charge in [0, 0.05) is 18.8 Å². The van der Waals surface area contributed by atoms with Crippen molar-refractivity contribution in [2.24, 2.45) is 0 Å². The number of likely N-dealkylation sites (tertiary alicyclic amines) is 1. The number of phenols is 2. The van der Waals surface area contributed by atoms with Crippen LogP contribution in [0, 0.1) is 0 Å². The number of rotatable bonds is 6. The topological polar surface area (TPSA) is 56.2 Å². The van der Waals surface area contributed by atoms with E-state index in [4.69, 9.17) is 4.74 Å². The summed E-state index contributed by atoms with van der Waals surface area (Å²) in [6.45, 7) is 4.90. The zero-order valence-corrected chi connectivity index (χ0v) is 19.5. The van der Waals surface area contributed by atoms with Gasteiger partial charge in [0.05, 0.1) is 6.04 Å². The largest absolute Gasteiger partial charge is 0.508 e. The smallest absolute Gasteiger partial charge is 0.119 e. The van der Waals surface area contributed by atoms with E-state index in [0.717, 1.165) is 30.9 Å². The predicted molar refractivity (Wildman–Crippen MR) is 134 cm³/mol. The molecule has 0 saturated carbocycles. The summed E-state index contributed by atoms with van der Waals surface area (Å²) >= 11 is 0. The van der Waals surface area contributed by atoms with Gasteiger partial charge in [-0.15, -0.1) is 12.4 Å². The zero-order valence-electron chi connectivity index (χ0n) is 18.7. The van der Waals surface area contributed by atoms with Gasteiger partial charge in [-0.1, -0.05) is 18.2 Å². The first kappa shape index (κ1) is 23.3. The predicted octanol–water partition coefficient (Wildman–Crippen LogP) is 5.15. The molecule has 0 amide bonds. The third kappa shape index (κ3) is 5.21. The highest BCUT2D eigenvalue weighted by Crippen LogP contribution is 2.40. The monoisotopic (exact) mass is 466 g/mol. The number of ether oxygens (including phenoxy) is 1. The lowest BCUT2D eigenvalue weighted by molar-refractivity contribution is 0.237. The van der Waals surface area contributed by atoms with Crippen LogP contribution in [0.5, 0.6) is 17.2 Å². The molecule has 0 spiro atoms. The second-order valence-electron chi connectivity index (χ2n) is 8.71. The fourth-order valence-corrected chi connectivity index (χ4v) is 4.94. The zero-order chi connectivity index (χ0) is 21.9. The van der Waals surface area contributed by atoms with Crippen molar-refractivity contribution in [2.45, 2.75) is 25.3 Å². The van der Waals surface area contributed by atoms with Crippen molar-refractivity contribution in [3.63, 3.8) is 0 Å². The standard InChI is InChI=1S/C27H30N2O3.ClH/c30-23-7-5-22(6-8-23)29-16-13-21-19-24(31)9-12-26(21)27(29)20-3-10-25(11-4-20)32-18-17-28-14-1-2-15-28;/h3-12,19,27,30-31H,1-2,13-18H2;1H. The van der Waals surface area contributed by atoms with E-state index in [0.29, 0.717) is 12.4 Å². The Morgan fingerprint density at radius 1 is 0.818 bits per heavy atom. The highest BCUT2D eigenvalue weighted by Gasteiger charge is 2.29. The summed E-state index contributed by atoms with van der Waals surface area (Å²) in [6.07, 6.45) is 3.46. The maximum atomic E-state index is 9.99. The van der Waals surface area contributed by atoms with Crippen molar-refractivity contribution in [2.75, 3.05) is 37.7 Å². The Hall–Kier alpha value is -2.89. The van der Waals surface area contributed by atoms with Crippen LogP contribution in [0.15, 0.2) is 66.7 Å². The van der Waals surface area contributed by atoms with E-state index in [2.05, 4.69) is 34.1 Å². The van der Waals surface area contributed by atoms with Crippen LogP contribution in [0.2, 0.25) is 0 Å². The van der Waals surface area contributed by atoms with Gasteiger partial charge in [-0.3, -0.25) is 4.90 Å². The van der Waals surface area contributed by atoms with Crippen molar-refractivity contribution >= 4 is 18.1 Å². The van der Waals surface area contributed by atoms with Gasteiger partial charge in [-0.25, -0.2) is 0 Å². The average Bonchev–Trinajstić information content (AvgIpc) is 3.33. The Balaban J connectivity index is 0.00000259. The molecule has 33 heavy (non-hydrogen) atoms. The minimum atomic E-state index is 0. The van der Waals surface area contributed by atoms with Gasteiger partial charge in [0.25, 0.3) is 0 Å². The van der Waals surface area contributed by atoms with Crippen LogP contribution >= 0.6 is 12.4 Å². The maximum absolute atomic E-state index is 9.99. The summed E-state index contributed by atoms with van der Waals surface area (Å²) in [6, 6.07) is 21.5. The van der Waals surface area contributed by atoms with Crippen LogP contribution in [0.25, 0.3) is 0 Å². The molecule has 1 unspecified atom stereocenters. The van der Waals surface area contributed by atoms with Crippen molar-refractivity contribution in [3.8, 4) is 17.2 Å². The molecule has 5 nitrogen and oxygen atoms in total. The number of nitrogens with zero attached hydrogens (tertiary/aromatic N) is 2. The number of aromatic hydroxyl groups is 2.